The highest BCUT2D eigenvalue weighted by Gasteiger charge is 2.24. The third kappa shape index (κ3) is 1.87. The highest BCUT2D eigenvalue weighted by atomic mass is 16.5. The molecule has 1 heterocycles. The van der Waals surface area contributed by atoms with Gasteiger partial charge in [0, 0.05) is 13.1 Å². The molecule has 1 aliphatic heterocycles. The summed E-state index contributed by atoms with van der Waals surface area (Å²) >= 11 is 0. The van der Waals surface area contributed by atoms with Crippen molar-refractivity contribution in [2.45, 2.75) is 19.3 Å². The molecule has 1 aromatic rings. The van der Waals surface area contributed by atoms with Crippen LogP contribution in [0.15, 0.2) is 18.2 Å². The number of nitrogens with zero attached hydrogens (tertiary/aromatic N) is 1. The van der Waals surface area contributed by atoms with Crippen LogP contribution in [-0.4, -0.2) is 31.9 Å². The van der Waals surface area contributed by atoms with E-state index in [1.165, 1.54) is 5.56 Å². The van der Waals surface area contributed by atoms with E-state index in [0.29, 0.717) is 12.5 Å². The van der Waals surface area contributed by atoms with E-state index in [-0.39, 0.29) is 6.61 Å². The Balaban J connectivity index is 2.44. The van der Waals surface area contributed by atoms with Gasteiger partial charge >= 0.3 is 0 Å². The Hall–Kier alpha value is -1.22. The van der Waals surface area contributed by atoms with Gasteiger partial charge < -0.3 is 14.7 Å². The van der Waals surface area contributed by atoms with Crippen LogP contribution in [0.2, 0.25) is 0 Å². The molecule has 0 unspecified atom stereocenters. The maximum atomic E-state index is 9.09. The molecule has 1 aromatic carbocycles. The molecule has 0 saturated carbocycles. The molecular weight excluding hydrogens is 202 g/mol. The lowest BCUT2D eigenvalue weighted by Crippen LogP contribution is -2.33. The smallest absolute Gasteiger partial charge is 0.142 e. The van der Waals surface area contributed by atoms with Crippen LogP contribution < -0.4 is 9.64 Å². The third-order valence-electron chi connectivity index (χ3n) is 3.30. The van der Waals surface area contributed by atoms with Crippen molar-refractivity contribution in [2.75, 3.05) is 31.7 Å². The Morgan fingerprint density at radius 3 is 3.00 bits per heavy atom. The summed E-state index contributed by atoms with van der Waals surface area (Å²) in [5.74, 6) is 1.48. The van der Waals surface area contributed by atoms with Gasteiger partial charge in [0.05, 0.1) is 19.4 Å². The lowest BCUT2D eigenvalue weighted by atomic mass is 9.91. The molecule has 1 atom stereocenters. The summed E-state index contributed by atoms with van der Waals surface area (Å²) in [6, 6.07) is 6.18. The quantitative estimate of drug-likeness (QED) is 0.847. The van der Waals surface area contributed by atoms with Crippen molar-refractivity contribution < 1.29 is 9.84 Å². The van der Waals surface area contributed by atoms with Crippen molar-refractivity contribution in [3.05, 3.63) is 23.8 Å². The minimum atomic E-state index is 0.186. The number of hydrogen-bond acceptors (Lipinski definition) is 3. The van der Waals surface area contributed by atoms with Crippen LogP contribution >= 0.6 is 0 Å². The molecule has 1 N–H and O–H groups in total. The van der Waals surface area contributed by atoms with Crippen molar-refractivity contribution in [3.63, 3.8) is 0 Å². The largest absolute Gasteiger partial charge is 0.495 e. The first kappa shape index (κ1) is 11.3. The molecule has 2 rings (SSSR count). The molecule has 0 spiro atoms. The SMILES string of the molecule is COc1cccc2c1N(CCO)CC[C@H]2C. The van der Waals surface area contributed by atoms with Crippen LogP contribution in [0.1, 0.15) is 24.8 Å². The number of β-amino-alcohol motifs (C(OH)–C–C–N with tert-alkyl or cyclic N) is 1. The number of methoxy groups -OCH3 is 1. The Labute approximate surface area is 96.6 Å². The number of para-hydroxylation sites is 1. The van der Waals surface area contributed by atoms with E-state index < -0.39 is 0 Å². The Bertz CT molecular complexity index is 365. The molecule has 0 aromatic heterocycles. The number of benzene rings is 1. The van der Waals surface area contributed by atoms with Gasteiger partial charge in [-0.2, -0.15) is 0 Å². The molecule has 0 radical (unpaired) electrons. The van der Waals surface area contributed by atoms with Gasteiger partial charge in [-0.3, -0.25) is 0 Å². The molecule has 1 aliphatic rings. The van der Waals surface area contributed by atoms with E-state index in [9.17, 15) is 0 Å². The van der Waals surface area contributed by atoms with Crippen molar-refractivity contribution in [1.82, 2.24) is 0 Å². The molecule has 0 amide bonds. The lowest BCUT2D eigenvalue weighted by molar-refractivity contribution is 0.299. The molecular formula is C13H19NO2. The summed E-state index contributed by atoms with van der Waals surface area (Å²) in [4.78, 5) is 2.22. The molecule has 3 heteroatoms. The number of rotatable bonds is 3. The predicted octanol–water partition coefficient (Wildman–Crippen LogP) is 2.00. The Morgan fingerprint density at radius 2 is 2.31 bits per heavy atom. The standard InChI is InChI=1S/C13H19NO2/c1-10-6-7-14(8-9-15)13-11(10)4-3-5-12(13)16-2/h3-5,10,15H,6-9H2,1-2H3/t10-/m1/s1. The number of aliphatic hydroxyl groups excluding tert-OH is 1. The van der Waals surface area contributed by atoms with E-state index in [0.717, 1.165) is 24.4 Å². The molecule has 16 heavy (non-hydrogen) atoms. The van der Waals surface area contributed by atoms with E-state index in [1.54, 1.807) is 7.11 Å². The molecule has 88 valence electrons. The van der Waals surface area contributed by atoms with Gasteiger partial charge in [-0.25, -0.2) is 0 Å². The van der Waals surface area contributed by atoms with Crippen LogP contribution in [0.25, 0.3) is 0 Å². The van der Waals surface area contributed by atoms with Gasteiger partial charge in [-0.05, 0) is 24.0 Å². The highest BCUT2D eigenvalue weighted by Crippen LogP contribution is 2.40. The highest BCUT2D eigenvalue weighted by molar-refractivity contribution is 5.66. The zero-order chi connectivity index (χ0) is 11.5. The lowest BCUT2D eigenvalue weighted by Gasteiger charge is -2.35. The maximum absolute atomic E-state index is 9.09. The number of hydrogen-bond donors (Lipinski definition) is 1. The van der Waals surface area contributed by atoms with Crippen molar-refractivity contribution in [1.29, 1.82) is 0 Å². The van der Waals surface area contributed by atoms with Gasteiger partial charge in [0.1, 0.15) is 5.75 Å². The van der Waals surface area contributed by atoms with E-state index >= 15 is 0 Å². The van der Waals surface area contributed by atoms with Crippen molar-refractivity contribution >= 4 is 5.69 Å². The second-order valence-electron chi connectivity index (χ2n) is 4.30. The van der Waals surface area contributed by atoms with Crippen LogP contribution in [0, 0.1) is 0 Å². The predicted molar refractivity (Wildman–Crippen MR) is 65.3 cm³/mol. The fourth-order valence-electron chi connectivity index (χ4n) is 2.40. The number of fused-ring (bicyclic) bond motifs is 1. The van der Waals surface area contributed by atoms with Crippen molar-refractivity contribution in [3.8, 4) is 5.75 Å². The average Bonchev–Trinajstić information content (AvgIpc) is 2.32. The van der Waals surface area contributed by atoms with Gasteiger partial charge in [0.2, 0.25) is 0 Å². The second kappa shape index (κ2) is 4.74. The number of ether oxygens (including phenoxy) is 1. The monoisotopic (exact) mass is 221 g/mol. The molecule has 0 fully saturated rings. The summed E-state index contributed by atoms with van der Waals surface area (Å²) in [6.07, 6.45) is 1.14. The fourth-order valence-corrected chi connectivity index (χ4v) is 2.40. The fraction of sp³-hybridized carbons (Fsp3) is 0.538. The summed E-state index contributed by atoms with van der Waals surface area (Å²) in [6.45, 7) is 4.11. The summed E-state index contributed by atoms with van der Waals surface area (Å²) in [5.41, 5.74) is 2.50. The molecule has 0 aliphatic carbocycles. The summed E-state index contributed by atoms with van der Waals surface area (Å²) < 4.78 is 5.41. The minimum Gasteiger partial charge on any atom is -0.495 e. The molecule has 0 saturated heterocycles. The zero-order valence-electron chi connectivity index (χ0n) is 9.94. The average molecular weight is 221 g/mol. The maximum Gasteiger partial charge on any atom is 0.142 e. The van der Waals surface area contributed by atoms with Gasteiger partial charge in [0.15, 0.2) is 0 Å². The molecule has 0 bridgehead atoms. The van der Waals surface area contributed by atoms with Crippen LogP contribution in [0.5, 0.6) is 5.75 Å². The topological polar surface area (TPSA) is 32.7 Å². The minimum absolute atomic E-state index is 0.186. The van der Waals surface area contributed by atoms with E-state index in [2.05, 4.69) is 17.9 Å². The Morgan fingerprint density at radius 1 is 1.50 bits per heavy atom. The first-order valence-corrected chi connectivity index (χ1v) is 5.80. The summed E-state index contributed by atoms with van der Waals surface area (Å²) in [5, 5.41) is 9.09. The van der Waals surface area contributed by atoms with Crippen LogP contribution in [-0.2, 0) is 0 Å². The second-order valence-corrected chi connectivity index (χ2v) is 4.30. The normalized spacial score (nSPS) is 19.4. The zero-order valence-corrected chi connectivity index (χ0v) is 9.94. The Kier molecular flexibility index (Phi) is 3.34. The van der Waals surface area contributed by atoms with E-state index in [4.69, 9.17) is 9.84 Å². The van der Waals surface area contributed by atoms with Gasteiger partial charge in [0.25, 0.3) is 0 Å². The number of aliphatic hydroxyl groups is 1. The van der Waals surface area contributed by atoms with Gasteiger partial charge in [-0.1, -0.05) is 19.1 Å². The van der Waals surface area contributed by atoms with Crippen LogP contribution in [0.3, 0.4) is 0 Å². The number of anilines is 1. The first-order valence-electron chi connectivity index (χ1n) is 5.80. The molecule has 3 nitrogen and oxygen atoms in total. The van der Waals surface area contributed by atoms with Crippen LogP contribution in [0.4, 0.5) is 5.69 Å². The van der Waals surface area contributed by atoms with E-state index in [1.807, 2.05) is 12.1 Å². The first-order chi connectivity index (χ1) is 7.77. The van der Waals surface area contributed by atoms with Gasteiger partial charge in [-0.15, -0.1) is 0 Å². The van der Waals surface area contributed by atoms with Crippen molar-refractivity contribution in [2.24, 2.45) is 0 Å². The summed E-state index contributed by atoms with van der Waals surface area (Å²) in [7, 11) is 1.70. The third-order valence-corrected chi connectivity index (χ3v) is 3.30.